The zero-order chi connectivity index (χ0) is 33.7. The van der Waals surface area contributed by atoms with Gasteiger partial charge < -0.3 is 10.2 Å². The lowest BCUT2D eigenvalue weighted by atomic mass is 10.1. The normalized spacial score (nSPS) is 13.2. The van der Waals surface area contributed by atoms with Crippen LogP contribution in [-0.2, 0) is 32.3 Å². The highest BCUT2D eigenvalue weighted by molar-refractivity contribution is 7.92. The molecule has 7 nitrogen and oxygen atoms in total. The monoisotopic (exact) mass is 705 g/mol. The summed E-state index contributed by atoms with van der Waals surface area (Å²) in [6, 6.07) is 11.6. The Labute approximate surface area is 276 Å². The van der Waals surface area contributed by atoms with Crippen LogP contribution in [0.5, 0.6) is 0 Å². The number of nitrogens with one attached hydrogen (secondary N) is 1. The molecule has 0 aliphatic rings. The van der Waals surface area contributed by atoms with Crippen molar-refractivity contribution in [2.24, 2.45) is 0 Å². The highest BCUT2D eigenvalue weighted by Crippen LogP contribution is 2.38. The average Bonchev–Trinajstić information content (AvgIpc) is 2.97. The molecule has 14 heteroatoms. The number of amides is 2. The van der Waals surface area contributed by atoms with Crippen LogP contribution in [0.1, 0.15) is 50.3 Å². The first-order valence-corrected chi connectivity index (χ1v) is 16.6. The van der Waals surface area contributed by atoms with E-state index in [9.17, 15) is 31.2 Å². The van der Waals surface area contributed by atoms with E-state index in [2.05, 4.69) is 5.32 Å². The van der Waals surface area contributed by atoms with Crippen LogP contribution in [0.2, 0.25) is 15.1 Å². The molecule has 0 aromatic heterocycles. The summed E-state index contributed by atoms with van der Waals surface area (Å²) in [5.41, 5.74) is -0.475. The minimum absolute atomic E-state index is 0.152. The van der Waals surface area contributed by atoms with E-state index in [-0.39, 0.29) is 33.9 Å². The van der Waals surface area contributed by atoms with Crippen molar-refractivity contribution in [3.8, 4) is 0 Å². The number of hydrogen-bond donors (Lipinski definition) is 1. The molecular formula is C31H33Cl3F3N3O4S. The summed E-state index contributed by atoms with van der Waals surface area (Å²) < 4.78 is 70.0. The Morgan fingerprint density at radius 2 is 1.51 bits per heavy atom. The number of anilines is 1. The number of benzene rings is 3. The van der Waals surface area contributed by atoms with Crippen LogP contribution in [0.15, 0.2) is 65.6 Å². The van der Waals surface area contributed by atoms with Crippen molar-refractivity contribution < 1.29 is 31.2 Å². The van der Waals surface area contributed by atoms with Gasteiger partial charge in [0.2, 0.25) is 11.8 Å². The fourth-order valence-corrected chi connectivity index (χ4v) is 6.40. The summed E-state index contributed by atoms with van der Waals surface area (Å²) in [4.78, 5) is 28.5. The summed E-state index contributed by atoms with van der Waals surface area (Å²) in [6.07, 6.45) is -4.14. The summed E-state index contributed by atoms with van der Waals surface area (Å²) in [5, 5.41) is 2.67. The summed E-state index contributed by atoms with van der Waals surface area (Å²) in [7, 11) is -4.60. The zero-order valence-corrected chi connectivity index (χ0v) is 28.0. The number of alkyl halides is 3. The van der Waals surface area contributed by atoms with E-state index in [0.717, 1.165) is 17.7 Å². The Kier molecular flexibility index (Phi) is 12.2. The maximum atomic E-state index is 14.2. The Morgan fingerprint density at radius 3 is 2.07 bits per heavy atom. The van der Waals surface area contributed by atoms with Gasteiger partial charge in [0.05, 0.1) is 31.2 Å². The fourth-order valence-electron chi connectivity index (χ4n) is 4.45. The van der Waals surface area contributed by atoms with Gasteiger partial charge in [-0.05, 0) is 74.7 Å². The van der Waals surface area contributed by atoms with Crippen LogP contribution in [0.3, 0.4) is 0 Å². The van der Waals surface area contributed by atoms with Crippen LogP contribution >= 0.6 is 34.8 Å². The number of halogens is 6. The topological polar surface area (TPSA) is 86.8 Å². The molecule has 0 aliphatic carbocycles. The van der Waals surface area contributed by atoms with E-state index in [1.807, 2.05) is 6.92 Å². The first-order valence-electron chi connectivity index (χ1n) is 14.0. The van der Waals surface area contributed by atoms with Crippen molar-refractivity contribution >= 4 is 62.3 Å². The third kappa shape index (κ3) is 9.06. The van der Waals surface area contributed by atoms with Crippen molar-refractivity contribution in [2.45, 2.75) is 70.2 Å². The van der Waals surface area contributed by atoms with E-state index < -0.39 is 56.9 Å². The number of carbonyl (C=O) groups excluding carboxylic acids is 2. The Bertz CT molecular complexity index is 1640. The predicted octanol–water partition coefficient (Wildman–Crippen LogP) is 7.89. The van der Waals surface area contributed by atoms with E-state index in [4.69, 9.17) is 34.8 Å². The molecule has 244 valence electrons. The minimum Gasteiger partial charge on any atom is -0.352 e. The van der Waals surface area contributed by atoms with Crippen molar-refractivity contribution in [1.29, 1.82) is 0 Å². The molecular weight excluding hydrogens is 674 g/mol. The second kappa shape index (κ2) is 15.1. The van der Waals surface area contributed by atoms with Gasteiger partial charge in [-0.25, -0.2) is 8.42 Å². The lowest BCUT2D eigenvalue weighted by Gasteiger charge is -2.34. The Balaban J connectivity index is 2.16. The number of nitrogens with zero attached hydrogens (tertiary/aromatic N) is 2. The molecule has 3 aromatic rings. The third-order valence-corrected chi connectivity index (χ3v) is 10.0. The van der Waals surface area contributed by atoms with Gasteiger partial charge in [-0.2, -0.15) is 13.2 Å². The maximum Gasteiger partial charge on any atom is 0.417 e. The van der Waals surface area contributed by atoms with Crippen LogP contribution < -0.4 is 9.62 Å². The van der Waals surface area contributed by atoms with Crippen molar-refractivity contribution in [2.75, 3.05) is 10.8 Å². The average molecular weight is 707 g/mol. The molecule has 2 amide bonds. The van der Waals surface area contributed by atoms with Gasteiger partial charge >= 0.3 is 6.18 Å². The lowest BCUT2D eigenvalue weighted by Crippen LogP contribution is -2.53. The molecule has 2 atom stereocenters. The van der Waals surface area contributed by atoms with Gasteiger partial charge in [-0.1, -0.05) is 72.4 Å². The molecule has 45 heavy (non-hydrogen) atoms. The minimum atomic E-state index is -4.91. The smallest absolute Gasteiger partial charge is 0.352 e. The number of aryl methyl sites for hydroxylation is 1. The molecule has 0 unspecified atom stereocenters. The van der Waals surface area contributed by atoms with E-state index in [1.54, 1.807) is 26.8 Å². The van der Waals surface area contributed by atoms with Crippen LogP contribution in [0, 0.1) is 6.92 Å². The molecule has 0 heterocycles. The molecule has 0 aliphatic heterocycles. The van der Waals surface area contributed by atoms with E-state index in [0.29, 0.717) is 22.4 Å². The van der Waals surface area contributed by atoms with Crippen molar-refractivity contribution in [1.82, 2.24) is 10.2 Å². The van der Waals surface area contributed by atoms with Gasteiger partial charge in [0, 0.05) is 12.6 Å². The van der Waals surface area contributed by atoms with Gasteiger partial charge in [-0.15, -0.1) is 0 Å². The summed E-state index contributed by atoms with van der Waals surface area (Å²) >= 11 is 18.1. The number of carbonyl (C=O) groups is 2. The number of hydrogen-bond acceptors (Lipinski definition) is 4. The molecule has 3 aromatic carbocycles. The number of rotatable bonds is 12. The Hall–Kier alpha value is -2.99. The highest BCUT2D eigenvalue weighted by atomic mass is 35.5. The molecule has 0 spiro atoms. The largest absolute Gasteiger partial charge is 0.417 e. The third-order valence-electron chi connectivity index (χ3n) is 7.16. The second-order valence-corrected chi connectivity index (χ2v) is 13.6. The van der Waals surface area contributed by atoms with Gasteiger partial charge in [-0.3, -0.25) is 13.9 Å². The molecule has 0 radical (unpaired) electrons. The lowest BCUT2D eigenvalue weighted by molar-refractivity contribution is -0.140. The molecule has 0 saturated heterocycles. The van der Waals surface area contributed by atoms with Gasteiger partial charge in [0.15, 0.2) is 0 Å². The van der Waals surface area contributed by atoms with E-state index in [1.165, 1.54) is 41.3 Å². The quantitative estimate of drug-likeness (QED) is 0.208. The van der Waals surface area contributed by atoms with Gasteiger partial charge in [0.25, 0.3) is 10.0 Å². The second-order valence-electron chi connectivity index (χ2n) is 10.5. The maximum absolute atomic E-state index is 14.2. The predicted molar refractivity (Wildman–Crippen MR) is 171 cm³/mol. The van der Waals surface area contributed by atoms with Crippen LogP contribution in [0.25, 0.3) is 0 Å². The first kappa shape index (κ1) is 36.5. The van der Waals surface area contributed by atoms with Crippen LogP contribution in [0.4, 0.5) is 18.9 Å². The Morgan fingerprint density at radius 1 is 0.889 bits per heavy atom. The molecule has 0 bridgehead atoms. The molecule has 1 N–H and O–H groups in total. The molecule has 0 saturated carbocycles. The van der Waals surface area contributed by atoms with Crippen molar-refractivity contribution in [3.63, 3.8) is 0 Å². The van der Waals surface area contributed by atoms with E-state index >= 15 is 0 Å². The SMILES string of the molecule is CC[C@@H](C)NC(=O)[C@@H](CC)N(Cc1ccc(Cl)c(Cl)c1)C(=O)CN(c1ccc(Cl)c(C(F)(F)F)c1)S(=O)(=O)c1ccc(C)cc1. The van der Waals surface area contributed by atoms with Gasteiger partial charge in [0.1, 0.15) is 12.6 Å². The summed E-state index contributed by atoms with van der Waals surface area (Å²) in [5.74, 6) is -1.31. The zero-order valence-electron chi connectivity index (χ0n) is 25.0. The standard InChI is InChI=1S/C31H33Cl3F3N3O4S/c1-5-20(4)38-30(42)28(6-2)39(17-21-9-13-26(33)27(34)15-21)29(41)18-40(45(43,44)23-11-7-19(3)8-12-23)22-10-14-25(32)24(16-22)31(35,36)37/h7-16,20,28H,5-6,17-18H2,1-4H3,(H,38,42)/t20-,28-/m1/s1. The summed E-state index contributed by atoms with van der Waals surface area (Å²) in [6.45, 7) is 6.00. The van der Waals surface area contributed by atoms with Crippen molar-refractivity contribution in [3.05, 3.63) is 92.4 Å². The first-order chi connectivity index (χ1) is 21.0. The molecule has 3 rings (SSSR count). The van der Waals surface area contributed by atoms with Crippen LogP contribution in [-0.4, -0.2) is 43.8 Å². The highest BCUT2D eigenvalue weighted by Gasteiger charge is 2.37. The molecule has 0 fully saturated rings. The fraction of sp³-hybridized carbons (Fsp3) is 0.355. The number of sulfonamides is 1.